The second-order valence-electron chi connectivity index (χ2n) is 6.01. The molecular weight excluding hydrogens is 291 g/mol. The van der Waals surface area contributed by atoms with Gasteiger partial charge in [-0.05, 0) is 36.6 Å². The fourth-order valence-corrected chi connectivity index (χ4v) is 3.41. The molecule has 0 aliphatic carbocycles. The van der Waals surface area contributed by atoms with E-state index in [9.17, 15) is 9.18 Å². The smallest absolute Gasteiger partial charge is 0.240 e. The third-order valence-electron chi connectivity index (χ3n) is 4.58. The van der Waals surface area contributed by atoms with Crippen molar-refractivity contribution in [2.24, 2.45) is 0 Å². The van der Waals surface area contributed by atoms with Crippen LogP contribution in [0.15, 0.2) is 48.5 Å². The van der Waals surface area contributed by atoms with Gasteiger partial charge in [0.05, 0.1) is 0 Å². The van der Waals surface area contributed by atoms with Gasteiger partial charge in [-0.2, -0.15) is 0 Å². The Morgan fingerprint density at radius 2 is 1.87 bits per heavy atom. The number of rotatable bonds is 4. The molecule has 120 valence electrons. The highest BCUT2D eigenvalue weighted by Crippen LogP contribution is 2.31. The van der Waals surface area contributed by atoms with Crippen molar-refractivity contribution < 1.29 is 9.18 Å². The highest BCUT2D eigenvalue weighted by Gasteiger charge is 2.40. The van der Waals surface area contributed by atoms with Crippen molar-refractivity contribution in [3.05, 3.63) is 59.9 Å². The van der Waals surface area contributed by atoms with E-state index in [2.05, 4.69) is 10.6 Å². The highest BCUT2D eigenvalue weighted by atomic mass is 19.1. The van der Waals surface area contributed by atoms with Crippen LogP contribution in [0.2, 0.25) is 0 Å². The summed E-state index contributed by atoms with van der Waals surface area (Å²) in [6.07, 6.45) is 2.31. The molecule has 2 aromatic carbocycles. The maximum Gasteiger partial charge on any atom is 0.240 e. The molecule has 0 spiro atoms. The van der Waals surface area contributed by atoms with Gasteiger partial charge < -0.3 is 10.6 Å². The van der Waals surface area contributed by atoms with Crippen molar-refractivity contribution in [1.82, 2.24) is 10.6 Å². The molecule has 0 bridgehead atoms. The minimum atomic E-state index is -0.601. The molecule has 0 radical (unpaired) electrons. The summed E-state index contributed by atoms with van der Waals surface area (Å²) in [7, 11) is 1.66. The summed E-state index contributed by atoms with van der Waals surface area (Å²) in [5, 5.41) is 6.12. The summed E-state index contributed by atoms with van der Waals surface area (Å²) in [5.74, 6) is -0.244. The second kappa shape index (κ2) is 6.50. The maximum atomic E-state index is 14.2. The Bertz CT molecular complexity index is 708. The van der Waals surface area contributed by atoms with E-state index in [1.165, 1.54) is 6.07 Å². The number of hydrogen-bond donors (Lipinski definition) is 2. The third kappa shape index (κ3) is 2.99. The lowest BCUT2D eigenvalue weighted by atomic mass is 9.85. The topological polar surface area (TPSA) is 41.1 Å². The van der Waals surface area contributed by atoms with E-state index < -0.39 is 5.54 Å². The van der Waals surface area contributed by atoms with E-state index in [-0.39, 0.29) is 11.7 Å². The molecule has 0 saturated carbocycles. The maximum absolute atomic E-state index is 14.2. The van der Waals surface area contributed by atoms with Crippen LogP contribution in [-0.2, 0) is 11.2 Å². The predicted molar refractivity (Wildman–Crippen MR) is 89.6 cm³/mol. The molecule has 2 N–H and O–H groups in total. The summed E-state index contributed by atoms with van der Waals surface area (Å²) in [6, 6.07) is 14.5. The number of nitrogens with one attached hydrogen (secondary N) is 2. The predicted octanol–water partition coefficient (Wildman–Crippen LogP) is 2.90. The average molecular weight is 312 g/mol. The van der Waals surface area contributed by atoms with Crippen molar-refractivity contribution in [2.45, 2.75) is 24.8 Å². The normalized spacial score (nSPS) is 20.4. The van der Waals surface area contributed by atoms with Crippen LogP contribution in [0.1, 0.15) is 18.4 Å². The summed E-state index contributed by atoms with van der Waals surface area (Å²) < 4.78 is 14.2. The van der Waals surface area contributed by atoms with E-state index in [0.717, 1.165) is 30.5 Å². The summed E-state index contributed by atoms with van der Waals surface area (Å²) in [4.78, 5) is 12.4. The Balaban J connectivity index is 2.01. The lowest BCUT2D eigenvalue weighted by Crippen LogP contribution is -2.54. The molecule has 1 fully saturated rings. The molecule has 2 aromatic rings. The van der Waals surface area contributed by atoms with Crippen LogP contribution in [0, 0.1) is 5.82 Å². The largest absolute Gasteiger partial charge is 0.358 e. The minimum Gasteiger partial charge on any atom is -0.358 e. The van der Waals surface area contributed by atoms with Crippen molar-refractivity contribution in [1.29, 1.82) is 0 Å². The Labute approximate surface area is 135 Å². The average Bonchev–Trinajstić information content (AvgIpc) is 3.05. The zero-order chi connectivity index (χ0) is 16.3. The van der Waals surface area contributed by atoms with Gasteiger partial charge in [-0.1, -0.05) is 42.5 Å². The fourth-order valence-electron chi connectivity index (χ4n) is 3.41. The van der Waals surface area contributed by atoms with Gasteiger partial charge in [0.2, 0.25) is 5.91 Å². The SMILES string of the molecule is CNC(=O)C1(Cc2ccccc2-c2ccccc2F)CCCN1. The zero-order valence-corrected chi connectivity index (χ0v) is 13.2. The molecule has 1 heterocycles. The molecular formula is C19H21FN2O. The van der Waals surface area contributed by atoms with Gasteiger partial charge in [-0.3, -0.25) is 4.79 Å². The van der Waals surface area contributed by atoms with Gasteiger partial charge in [0.1, 0.15) is 11.4 Å². The van der Waals surface area contributed by atoms with Crippen molar-refractivity contribution in [2.75, 3.05) is 13.6 Å². The molecule has 1 amide bonds. The quantitative estimate of drug-likeness (QED) is 0.911. The number of carbonyl (C=O) groups is 1. The number of benzene rings is 2. The number of halogens is 1. The molecule has 1 aliphatic heterocycles. The van der Waals surface area contributed by atoms with Gasteiger partial charge in [0.25, 0.3) is 0 Å². The Morgan fingerprint density at radius 3 is 2.52 bits per heavy atom. The van der Waals surface area contributed by atoms with Crippen LogP contribution in [0.5, 0.6) is 0 Å². The number of hydrogen-bond acceptors (Lipinski definition) is 2. The van der Waals surface area contributed by atoms with Crippen LogP contribution >= 0.6 is 0 Å². The van der Waals surface area contributed by atoms with Crippen molar-refractivity contribution in [3.8, 4) is 11.1 Å². The van der Waals surface area contributed by atoms with E-state index in [4.69, 9.17) is 0 Å². The zero-order valence-electron chi connectivity index (χ0n) is 13.2. The van der Waals surface area contributed by atoms with Gasteiger partial charge >= 0.3 is 0 Å². The first kappa shape index (κ1) is 15.7. The van der Waals surface area contributed by atoms with Crippen LogP contribution in [0.4, 0.5) is 4.39 Å². The van der Waals surface area contributed by atoms with Crippen LogP contribution in [-0.4, -0.2) is 25.0 Å². The van der Waals surface area contributed by atoms with E-state index in [1.807, 2.05) is 30.3 Å². The third-order valence-corrected chi connectivity index (χ3v) is 4.58. The van der Waals surface area contributed by atoms with Crippen molar-refractivity contribution in [3.63, 3.8) is 0 Å². The Hall–Kier alpha value is -2.20. The molecule has 1 unspecified atom stereocenters. The van der Waals surface area contributed by atoms with Crippen molar-refractivity contribution >= 4 is 5.91 Å². The lowest BCUT2D eigenvalue weighted by Gasteiger charge is -2.28. The van der Waals surface area contributed by atoms with Gasteiger partial charge in [0.15, 0.2) is 0 Å². The van der Waals surface area contributed by atoms with Gasteiger partial charge in [0, 0.05) is 19.0 Å². The number of likely N-dealkylation sites (N-methyl/N-ethyl adjacent to an activating group) is 1. The molecule has 3 nitrogen and oxygen atoms in total. The van der Waals surface area contributed by atoms with Crippen LogP contribution < -0.4 is 10.6 Å². The number of amides is 1. The molecule has 4 heteroatoms. The minimum absolute atomic E-state index is 0.00154. The fraction of sp³-hybridized carbons (Fsp3) is 0.316. The molecule has 1 saturated heterocycles. The Kier molecular flexibility index (Phi) is 4.44. The van der Waals surface area contributed by atoms with E-state index in [0.29, 0.717) is 12.0 Å². The molecule has 3 rings (SSSR count). The highest BCUT2D eigenvalue weighted by molar-refractivity contribution is 5.87. The molecule has 0 aromatic heterocycles. The van der Waals surface area contributed by atoms with Gasteiger partial charge in [-0.15, -0.1) is 0 Å². The summed E-state index contributed by atoms with van der Waals surface area (Å²) in [6.45, 7) is 0.829. The first-order chi connectivity index (χ1) is 11.2. The molecule has 23 heavy (non-hydrogen) atoms. The summed E-state index contributed by atoms with van der Waals surface area (Å²) in [5.41, 5.74) is 1.81. The standard InChI is InChI=1S/C19H21FN2O/c1-21-18(23)19(11-6-12-22-19)13-14-7-2-3-8-15(14)16-9-4-5-10-17(16)20/h2-5,7-10,22H,6,11-13H2,1H3,(H,21,23). The van der Waals surface area contributed by atoms with Crippen LogP contribution in [0.25, 0.3) is 11.1 Å². The lowest BCUT2D eigenvalue weighted by molar-refractivity contribution is -0.126. The van der Waals surface area contributed by atoms with Crippen LogP contribution in [0.3, 0.4) is 0 Å². The first-order valence-corrected chi connectivity index (χ1v) is 7.96. The van der Waals surface area contributed by atoms with Gasteiger partial charge in [-0.25, -0.2) is 4.39 Å². The summed E-state index contributed by atoms with van der Waals surface area (Å²) >= 11 is 0. The van der Waals surface area contributed by atoms with E-state index in [1.54, 1.807) is 19.2 Å². The second-order valence-corrected chi connectivity index (χ2v) is 6.01. The monoisotopic (exact) mass is 312 g/mol. The molecule has 1 aliphatic rings. The van der Waals surface area contributed by atoms with E-state index >= 15 is 0 Å². The molecule has 1 atom stereocenters. The number of carbonyl (C=O) groups excluding carboxylic acids is 1. The first-order valence-electron chi connectivity index (χ1n) is 7.96. The Morgan fingerprint density at radius 1 is 1.17 bits per heavy atom.